The van der Waals surface area contributed by atoms with Gasteiger partial charge in [0.1, 0.15) is 23.9 Å². The van der Waals surface area contributed by atoms with Crippen molar-refractivity contribution in [3.63, 3.8) is 0 Å². The van der Waals surface area contributed by atoms with Gasteiger partial charge in [-0.25, -0.2) is 13.5 Å². The Morgan fingerprint density at radius 3 is 2.71 bits per heavy atom. The van der Waals surface area contributed by atoms with E-state index in [1.807, 2.05) is 31.2 Å². The number of halogens is 2. The van der Waals surface area contributed by atoms with Crippen molar-refractivity contribution in [2.24, 2.45) is 0 Å². The highest BCUT2D eigenvalue weighted by atomic mass is 19.1. The predicted octanol–water partition coefficient (Wildman–Crippen LogP) is 2.75. The number of aromatic nitrogens is 2. The van der Waals surface area contributed by atoms with E-state index in [1.165, 1.54) is 6.07 Å². The van der Waals surface area contributed by atoms with Gasteiger partial charge in [0.15, 0.2) is 0 Å². The Morgan fingerprint density at radius 2 is 1.90 bits per heavy atom. The number of para-hydroxylation sites is 1. The molecule has 0 saturated carbocycles. The molecule has 0 spiro atoms. The van der Waals surface area contributed by atoms with E-state index in [9.17, 15) is 23.2 Å². The quantitative estimate of drug-likeness (QED) is 0.698. The van der Waals surface area contributed by atoms with Crippen LogP contribution in [0.2, 0.25) is 0 Å². The number of benzene rings is 2. The number of carbonyl (C=O) groups excluding carboxylic acids is 2. The van der Waals surface area contributed by atoms with E-state index in [0.717, 1.165) is 40.2 Å². The van der Waals surface area contributed by atoms with Gasteiger partial charge in [-0.15, -0.1) is 0 Å². The predicted molar refractivity (Wildman–Crippen MR) is 110 cm³/mol. The number of hydrogen-bond donors (Lipinski definition) is 1. The second-order valence-corrected chi connectivity index (χ2v) is 7.24. The fraction of sp³-hybridized carbons (Fsp3) is 0.182. The number of fused-ring (bicyclic) bond motifs is 1. The summed E-state index contributed by atoms with van der Waals surface area (Å²) >= 11 is 0. The van der Waals surface area contributed by atoms with Gasteiger partial charge in [0, 0.05) is 23.9 Å². The van der Waals surface area contributed by atoms with Crippen molar-refractivity contribution in [1.29, 1.82) is 0 Å². The van der Waals surface area contributed by atoms with Gasteiger partial charge in [-0.05, 0) is 43.2 Å². The molecule has 1 aliphatic heterocycles. The molecule has 1 aromatic heterocycles. The Balaban J connectivity index is 1.56. The molecule has 2 aromatic carbocycles. The molecule has 0 aliphatic carbocycles. The van der Waals surface area contributed by atoms with E-state index < -0.39 is 35.6 Å². The first-order valence-corrected chi connectivity index (χ1v) is 9.58. The topological polar surface area (TPSA) is 84.3 Å². The third-order valence-corrected chi connectivity index (χ3v) is 5.01. The summed E-state index contributed by atoms with van der Waals surface area (Å²) in [5.74, 6) is -2.73. The van der Waals surface area contributed by atoms with Crippen LogP contribution in [0.1, 0.15) is 23.0 Å². The molecule has 0 bridgehead atoms. The Morgan fingerprint density at radius 1 is 1.13 bits per heavy atom. The lowest BCUT2D eigenvalue weighted by Crippen LogP contribution is -2.38. The molecule has 3 aromatic rings. The van der Waals surface area contributed by atoms with Crippen LogP contribution in [0.15, 0.2) is 59.4 Å². The van der Waals surface area contributed by atoms with E-state index in [1.54, 1.807) is 4.90 Å². The van der Waals surface area contributed by atoms with Gasteiger partial charge in [-0.3, -0.25) is 14.4 Å². The van der Waals surface area contributed by atoms with Crippen LogP contribution in [0.5, 0.6) is 0 Å². The molecule has 7 nitrogen and oxygen atoms in total. The van der Waals surface area contributed by atoms with Crippen molar-refractivity contribution in [3.05, 3.63) is 87.8 Å². The Labute approximate surface area is 175 Å². The summed E-state index contributed by atoms with van der Waals surface area (Å²) in [4.78, 5) is 39.1. The molecule has 1 N–H and O–H groups in total. The number of rotatable bonds is 4. The normalized spacial score (nSPS) is 14.9. The van der Waals surface area contributed by atoms with Crippen LogP contribution in [0.4, 0.5) is 20.2 Å². The third kappa shape index (κ3) is 4.07. The molecule has 0 saturated heterocycles. The third-order valence-electron chi connectivity index (χ3n) is 5.01. The van der Waals surface area contributed by atoms with Crippen molar-refractivity contribution in [1.82, 2.24) is 9.78 Å². The Bertz CT molecular complexity index is 1240. The highest BCUT2D eigenvalue weighted by Gasteiger charge is 2.32. The molecule has 1 aliphatic rings. The van der Waals surface area contributed by atoms with Crippen molar-refractivity contribution in [3.8, 4) is 0 Å². The Hall–Kier alpha value is -3.88. The molecule has 2 amide bonds. The van der Waals surface area contributed by atoms with Crippen LogP contribution in [-0.2, 0) is 17.8 Å². The number of nitrogens with zero attached hydrogens (tertiary/aromatic N) is 3. The van der Waals surface area contributed by atoms with Gasteiger partial charge < -0.3 is 10.2 Å². The first kappa shape index (κ1) is 20.4. The average Bonchev–Trinajstić information content (AvgIpc) is 3.07. The van der Waals surface area contributed by atoms with Crippen LogP contribution in [-0.4, -0.2) is 27.6 Å². The number of hydrogen-bond acceptors (Lipinski definition) is 4. The average molecular weight is 424 g/mol. The van der Waals surface area contributed by atoms with Gasteiger partial charge in [-0.2, -0.15) is 5.10 Å². The molecule has 0 unspecified atom stereocenters. The second-order valence-electron chi connectivity index (χ2n) is 7.24. The number of nitrogens with one attached hydrogen (secondary N) is 1. The van der Waals surface area contributed by atoms with Crippen LogP contribution in [0, 0.1) is 11.6 Å². The molecule has 31 heavy (non-hydrogen) atoms. The van der Waals surface area contributed by atoms with Gasteiger partial charge in [-0.1, -0.05) is 18.2 Å². The molecule has 4 rings (SSSR count). The fourth-order valence-corrected chi connectivity index (χ4v) is 3.59. The molecule has 158 valence electrons. The smallest absolute Gasteiger partial charge is 0.278 e. The van der Waals surface area contributed by atoms with Gasteiger partial charge in [0.2, 0.25) is 5.91 Å². The summed E-state index contributed by atoms with van der Waals surface area (Å²) in [6.45, 7) is 1.34. The molecule has 2 heterocycles. The summed E-state index contributed by atoms with van der Waals surface area (Å²) in [6, 6.07) is 12.5. The zero-order valence-electron chi connectivity index (χ0n) is 16.5. The molecule has 9 heteroatoms. The van der Waals surface area contributed by atoms with Crippen molar-refractivity contribution in [2.45, 2.75) is 25.9 Å². The maximum Gasteiger partial charge on any atom is 0.278 e. The zero-order valence-corrected chi connectivity index (χ0v) is 16.5. The SMILES string of the molecule is C[C@H]1Cc2ccccc2N1C(=O)c1ccc(=O)n(CC(=O)Nc2cc(F)ccc2F)n1. The summed E-state index contributed by atoms with van der Waals surface area (Å²) < 4.78 is 27.8. The summed E-state index contributed by atoms with van der Waals surface area (Å²) in [7, 11) is 0. The zero-order chi connectivity index (χ0) is 22.1. The summed E-state index contributed by atoms with van der Waals surface area (Å²) in [5, 5.41) is 6.23. The van der Waals surface area contributed by atoms with E-state index in [0.29, 0.717) is 6.42 Å². The molecule has 0 radical (unpaired) electrons. The first-order chi connectivity index (χ1) is 14.8. The summed E-state index contributed by atoms with van der Waals surface area (Å²) in [5.41, 5.74) is 0.842. The fourth-order valence-electron chi connectivity index (χ4n) is 3.59. The first-order valence-electron chi connectivity index (χ1n) is 9.58. The Kier molecular flexibility index (Phi) is 5.33. The lowest BCUT2D eigenvalue weighted by atomic mass is 10.1. The van der Waals surface area contributed by atoms with E-state index in [2.05, 4.69) is 10.4 Å². The van der Waals surface area contributed by atoms with Crippen molar-refractivity contribution >= 4 is 23.2 Å². The highest BCUT2D eigenvalue weighted by molar-refractivity contribution is 6.06. The van der Waals surface area contributed by atoms with Crippen LogP contribution < -0.4 is 15.8 Å². The van der Waals surface area contributed by atoms with Crippen LogP contribution in [0.3, 0.4) is 0 Å². The van der Waals surface area contributed by atoms with Crippen LogP contribution >= 0.6 is 0 Å². The highest BCUT2D eigenvalue weighted by Crippen LogP contribution is 2.32. The van der Waals surface area contributed by atoms with Gasteiger partial charge >= 0.3 is 0 Å². The number of amides is 2. The number of anilines is 2. The molecule has 1 atom stereocenters. The summed E-state index contributed by atoms with van der Waals surface area (Å²) in [6.07, 6.45) is 0.698. The van der Waals surface area contributed by atoms with E-state index >= 15 is 0 Å². The minimum absolute atomic E-state index is 0.00658. The largest absolute Gasteiger partial charge is 0.322 e. The van der Waals surface area contributed by atoms with Crippen molar-refractivity contribution in [2.75, 3.05) is 10.2 Å². The monoisotopic (exact) mass is 424 g/mol. The number of carbonyl (C=O) groups is 2. The van der Waals surface area contributed by atoms with Crippen LogP contribution in [0.25, 0.3) is 0 Å². The standard InChI is InChI=1S/C22H18F2N4O3/c1-13-10-14-4-2-3-5-19(14)28(13)22(31)17-8-9-21(30)27(26-17)12-20(29)25-18-11-15(23)6-7-16(18)24/h2-9,11,13H,10,12H2,1H3,(H,25,29)/t13-/m0/s1. The minimum atomic E-state index is -0.819. The van der Waals surface area contributed by atoms with Crippen molar-refractivity contribution < 1.29 is 18.4 Å². The second kappa shape index (κ2) is 8.10. The maximum absolute atomic E-state index is 13.7. The lowest BCUT2D eigenvalue weighted by molar-refractivity contribution is -0.117. The lowest BCUT2D eigenvalue weighted by Gasteiger charge is -2.22. The van der Waals surface area contributed by atoms with E-state index in [-0.39, 0.29) is 17.4 Å². The van der Waals surface area contributed by atoms with Gasteiger partial charge in [0.05, 0.1) is 5.69 Å². The van der Waals surface area contributed by atoms with Gasteiger partial charge in [0.25, 0.3) is 11.5 Å². The molecule has 0 fully saturated rings. The maximum atomic E-state index is 13.7. The molecular formula is C22H18F2N4O3. The molecular weight excluding hydrogens is 406 g/mol. The minimum Gasteiger partial charge on any atom is -0.322 e. The van der Waals surface area contributed by atoms with E-state index in [4.69, 9.17) is 0 Å².